The number of methoxy groups -OCH3 is 1. The molecule has 1 aromatic heterocycles. The van der Waals surface area contributed by atoms with Gasteiger partial charge in [-0.1, -0.05) is 12.8 Å². The lowest BCUT2D eigenvalue weighted by Crippen LogP contribution is -2.16. The molecule has 4 nitrogen and oxygen atoms in total. The van der Waals surface area contributed by atoms with Crippen LogP contribution in [0.1, 0.15) is 48.9 Å². The molecule has 0 aromatic carbocycles. The summed E-state index contributed by atoms with van der Waals surface area (Å²) in [5.74, 6) is 0.160. The number of carbonyl (C=O) groups is 1. The van der Waals surface area contributed by atoms with Gasteiger partial charge in [0.05, 0.1) is 12.7 Å². The number of pyridine rings is 1. The first-order chi connectivity index (χ1) is 8.79. The first kappa shape index (κ1) is 12.9. The van der Waals surface area contributed by atoms with E-state index >= 15 is 0 Å². The summed E-state index contributed by atoms with van der Waals surface area (Å²) >= 11 is 0. The zero-order valence-electron chi connectivity index (χ0n) is 10.7. The fourth-order valence-corrected chi connectivity index (χ4v) is 2.25. The number of esters is 1. The van der Waals surface area contributed by atoms with Crippen molar-refractivity contribution >= 4 is 5.97 Å². The third-order valence-electron chi connectivity index (χ3n) is 3.25. The standard InChI is InChI=1S/C14H19NO3/c1-17-14(16)11-8-9-15-13(10-11)18-12-6-4-2-3-5-7-12/h8-10,12H,2-7H2,1H3. The lowest BCUT2D eigenvalue weighted by atomic mass is 10.1. The highest BCUT2D eigenvalue weighted by Crippen LogP contribution is 2.22. The Kier molecular flexibility index (Phi) is 4.56. The highest BCUT2D eigenvalue weighted by molar-refractivity contribution is 5.89. The molecule has 2 rings (SSSR count). The van der Waals surface area contributed by atoms with Crippen LogP contribution in [-0.2, 0) is 4.74 Å². The molecule has 0 amide bonds. The van der Waals surface area contributed by atoms with Gasteiger partial charge in [-0.05, 0) is 31.7 Å². The lowest BCUT2D eigenvalue weighted by Gasteiger charge is -2.16. The van der Waals surface area contributed by atoms with Gasteiger partial charge in [0.15, 0.2) is 0 Å². The highest BCUT2D eigenvalue weighted by Gasteiger charge is 2.15. The molecule has 0 radical (unpaired) electrons. The fraction of sp³-hybridized carbons (Fsp3) is 0.571. The van der Waals surface area contributed by atoms with Gasteiger partial charge in [-0.25, -0.2) is 9.78 Å². The first-order valence-electron chi connectivity index (χ1n) is 6.50. The molecule has 1 aromatic rings. The van der Waals surface area contributed by atoms with Crippen molar-refractivity contribution < 1.29 is 14.3 Å². The maximum atomic E-state index is 11.4. The summed E-state index contributed by atoms with van der Waals surface area (Å²) in [5, 5.41) is 0. The van der Waals surface area contributed by atoms with E-state index in [1.54, 1.807) is 18.3 Å². The van der Waals surface area contributed by atoms with E-state index in [0.29, 0.717) is 11.4 Å². The Labute approximate surface area is 107 Å². The number of ether oxygens (including phenoxy) is 2. The van der Waals surface area contributed by atoms with E-state index in [0.717, 1.165) is 12.8 Å². The minimum Gasteiger partial charge on any atom is -0.474 e. The van der Waals surface area contributed by atoms with Gasteiger partial charge in [-0.2, -0.15) is 0 Å². The zero-order chi connectivity index (χ0) is 12.8. The number of rotatable bonds is 3. The van der Waals surface area contributed by atoms with Gasteiger partial charge in [-0.3, -0.25) is 0 Å². The molecular weight excluding hydrogens is 230 g/mol. The van der Waals surface area contributed by atoms with Crippen LogP contribution in [0.25, 0.3) is 0 Å². The van der Waals surface area contributed by atoms with E-state index in [4.69, 9.17) is 4.74 Å². The summed E-state index contributed by atoms with van der Waals surface area (Å²) in [7, 11) is 1.37. The first-order valence-corrected chi connectivity index (χ1v) is 6.50. The summed E-state index contributed by atoms with van der Waals surface area (Å²) in [6.07, 6.45) is 8.95. The molecular formula is C14H19NO3. The number of nitrogens with zero attached hydrogens (tertiary/aromatic N) is 1. The van der Waals surface area contributed by atoms with Gasteiger partial charge in [-0.15, -0.1) is 0 Å². The second-order valence-corrected chi connectivity index (χ2v) is 4.61. The third kappa shape index (κ3) is 3.45. The van der Waals surface area contributed by atoms with Crippen molar-refractivity contribution in [2.75, 3.05) is 7.11 Å². The largest absolute Gasteiger partial charge is 0.474 e. The molecule has 1 saturated carbocycles. The number of carbonyl (C=O) groups excluding carboxylic acids is 1. The molecule has 0 saturated heterocycles. The molecule has 0 unspecified atom stereocenters. The van der Waals surface area contributed by atoms with Crippen LogP contribution in [0.4, 0.5) is 0 Å². The minimum atomic E-state index is -0.358. The Hall–Kier alpha value is -1.58. The minimum absolute atomic E-state index is 0.230. The molecule has 0 spiro atoms. The second-order valence-electron chi connectivity index (χ2n) is 4.61. The predicted octanol–water partition coefficient (Wildman–Crippen LogP) is 2.97. The normalized spacial score (nSPS) is 16.9. The van der Waals surface area contributed by atoms with Gasteiger partial charge in [0.25, 0.3) is 0 Å². The number of hydrogen-bond acceptors (Lipinski definition) is 4. The summed E-state index contributed by atoms with van der Waals surface area (Å²) in [6.45, 7) is 0. The van der Waals surface area contributed by atoms with Crippen LogP contribution in [0.15, 0.2) is 18.3 Å². The zero-order valence-corrected chi connectivity index (χ0v) is 10.7. The molecule has 0 N–H and O–H groups in total. The van der Waals surface area contributed by atoms with Crippen LogP contribution < -0.4 is 4.74 Å². The SMILES string of the molecule is COC(=O)c1ccnc(OC2CCCCCC2)c1. The van der Waals surface area contributed by atoms with Crippen molar-refractivity contribution in [1.82, 2.24) is 4.98 Å². The third-order valence-corrected chi connectivity index (χ3v) is 3.25. The van der Waals surface area contributed by atoms with Crippen LogP contribution in [0.3, 0.4) is 0 Å². The average Bonchev–Trinajstić information content (AvgIpc) is 2.67. The van der Waals surface area contributed by atoms with Crippen molar-refractivity contribution in [2.45, 2.75) is 44.6 Å². The highest BCUT2D eigenvalue weighted by atomic mass is 16.5. The monoisotopic (exact) mass is 249 g/mol. The van der Waals surface area contributed by atoms with E-state index in [-0.39, 0.29) is 12.1 Å². The van der Waals surface area contributed by atoms with Gasteiger partial charge in [0, 0.05) is 12.3 Å². The topological polar surface area (TPSA) is 48.4 Å². The average molecular weight is 249 g/mol. The van der Waals surface area contributed by atoms with Crippen LogP contribution in [-0.4, -0.2) is 24.2 Å². The molecule has 0 atom stereocenters. The van der Waals surface area contributed by atoms with Crippen molar-refractivity contribution in [3.8, 4) is 5.88 Å². The van der Waals surface area contributed by atoms with E-state index in [2.05, 4.69) is 9.72 Å². The molecule has 1 fully saturated rings. The van der Waals surface area contributed by atoms with Gasteiger partial charge in [0.1, 0.15) is 6.10 Å². The number of hydrogen-bond donors (Lipinski definition) is 0. The Bertz CT molecular complexity index is 398. The maximum Gasteiger partial charge on any atom is 0.338 e. The smallest absolute Gasteiger partial charge is 0.338 e. The van der Waals surface area contributed by atoms with Crippen LogP contribution >= 0.6 is 0 Å². The van der Waals surface area contributed by atoms with Crippen molar-refractivity contribution in [3.63, 3.8) is 0 Å². The maximum absolute atomic E-state index is 11.4. The quantitative estimate of drug-likeness (QED) is 0.610. The number of aromatic nitrogens is 1. The van der Waals surface area contributed by atoms with Gasteiger partial charge in [0.2, 0.25) is 5.88 Å². The van der Waals surface area contributed by atoms with E-state index in [1.165, 1.54) is 32.8 Å². The Morgan fingerprint density at radius 3 is 2.67 bits per heavy atom. The fourth-order valence-electron chi connectivity index (χ4n) is 2.25. The van der Waals surface area contributed by atoms with Gasteiger partial charge < -0.3 is 9.47 Å². The molecule has 4 heteroatoms. The summed E-state index contributed by atoms with van der Waals surface area (Å²) in [4.78, 5) is 15.6. The van der Waals surface area contributed by atoms with Crippen molar-refractivity contribution in [3.05, 3.63) is 23.9 Å². The summed E-state index contributed by atoms with van der Waals surface area (Å²) in [5.41, 5.74) is 0.483. The lowest BCUT2D eigenvalue weighted by molar-refractivity contribution is 0.0599. The second kappa shape index (κ2) is 6.38. The van der Waals surface area contributed by atoms with E-state index in [1.807, 2.05) is 0 Å². The van der Waals surface area contributed by atoms with Crippen LogP contribution in [0.5, 0.6) is 5.88 Å². The predicted molar refractivity (Wildman–Crippen MR) is 67.7 cm³/mol. The molecule has 1 heterocycles. The van der Waals surface area contributed by atoms with E-state index < -0.39 is 0 Å². The Morgan fingerprint density at radius 2 is 2.00 bits per heavy atom. The molecule has 18 heavy (non-hydrogen) atoms. The van der Waals surface area contributed by atoms with Gasteiger partial charge >= 0.3 is 5.97 Å². The molecule has 1 aliphatic rings. The van der Waals surface area contributed by atoms with E-state index in [9.17, 15) is 4.79 Å². The van der Waals surface area contributed by atoms with Crippen molar-refractivity contribution in [1.29, 1.82) is 0 Å². The molecule has 98 valence electrons. The molecule has 0 bridgehead atoms. The molecule has 1 aliphatic carbocycles. The Balaban J connectivity index is 2.01. The Morgan fingerprint density at radius 1 is 1.28 bits per heavy atom. The van der Waals surface area contributed by atoms with Crippen LogP contribution in [0.2, 0.25) is 0 Å². The van der Waals surface area contributed by atoms with Crippen LogP contribution in [0, 0.1) is 0 Å². The summed E-state index contributed by atoms with van der Waals surface area (Å²) in [6, 6.07) is 3.28. The van der Waals surface area contributed by atoms with Crippen molar-refractivity contribution in [2.24, 2.45) is 0 Å². The summed E-state index contributed by atoms with van der Waals surface area (Å²) < 4.78 is 10.5. The molecule has 0 aliphatic heterocycles.